The molecule has 1 aromatic rings. The summed E-state index contributed by atoms with van der Waals surface area (Å²) in [7, 11) is -7.44. The highest BCUT2D eigenvalue weighted by atomic mass is 32.2. The van der Waals surface area contributed by atoms with Crippen LogP contribution >= 0.6 is 0 Å². The number of rotatable bonds is 3. The second-order valence-electron chi connectivity index (χ2n) is 4.86. The molecule has 0 aromatic heterocycles. The topological polar surface area (TPSA) is 105 Å². The van der Waals surface area contributed by atoms with Crippen molar-refractivity contribution in [2.24, 2.45) is 0 Å². The zero-order valence-corrected chi connectivity index (χ0v) is 12.6. The highest BCUT2D eigenvalue weighted by Crippen LogP contribution is 2.36. The second-order valence-corrected chi connectivity index (χ2v) is 8.09. The van der Waals surface area contributed by atoms with Crippen molar-refractivity contribution in [3.63, 3.8) is 0 Å². The quantitative estimate of drug-likeness (QED) is 0.224. The maximum atomic E-state index is 12.9. The van der Waals surface area contributed by atoms with E-state index in [4.69, 9.17) is 5.53 Å². The van der Waals surface area contributed by atoms with Crippen LogP contribution in [0.5, 0.6) is 0 Å². The Balaban J connectivity index is 2.61. The summed E-state index contributed by atoms with van der Waals surface area (Å²) in [6, 6.07) is 3.91. The lowest BCUT2D eigenvalue weighted by Gasteiger charge is -2.16. The van der Waals surface area contributed by atoms with Crippen LogP contribution in [0.25, 0.3) is 5.53 Å². The van der Waals surface area contributed by atoms with Crippen LogP contribution in [-0.2, 0) is 20.5 Å². The Morgan fingerprint density at radius 3 is 2.14 bits per heavy atom. The number of thiol groups is 1. The van der Waals surface area contributed by atoms with E-state index in [1.54, 1.807) is 0 Å². The van der Waals surface area contributed by atoms with Crippen LogP contribution in [0.15, 0.2) is 29.2 Å². The Bertz CT molecular complexity index is 764. The van der Waals surface area contributed by atoms with Crippen molar-refractivity contribution in [1.29, 1.82) is 0 Å². The Kier molecular flexibility index (Phi) is 4.27. The van der Waals surface area contributed by atoms with Crippen molar-refractivity contribution < 1.29 is 26.0 Å². The van der Waals surface area contributed by atoms with E-state index in [0.717, 1.165) is 24.3 Å². The molecule has 1 saturated carbocycles. The first-order valence-corrected chi connectivity index (χ1v) is 8.88. The maximum Gasteiger partial charge on any atom is 0.406 e. The minimum atomic E-state index is -4.31. The SMILES string of the molecule is [N-]=[N+]=C(C1([SH](=O)=O)CCCC1)S(=O)(=O)c1ccc(F)cc1. The maximum absolute atomic E-state index is 12.9. The fourth-order valence-electron chi connectivity index (χ4n) is 2.56. The molecule has 0 N–H and O–H groups in total. The minimum Gasteiger partial charge on any atom is -0.360 e. The molecule has 1 aliphatic rings. The van der Waals surface area contributed by atoms with Gasteiger partial charge < -0.3 is 5.53 Å². The molecule has 0 aliphatic heterocycles. The van der Waals surface area contributed by atoms with Crippen LogP contribution in [-0.4, -0.2) is 31.4 Å². The van der Waals surface area contributed by atoms with Crippen molar-refractivity contribution in [2.45, 2.75) is 35.3 Å². The Morgan fingerprint density at radius 1 is 1.19 bits per heavy atom. The van der Waals surface area contributed by atoms with Gasteiger partial charge >= 0.3 is 5.04 Å². The van der Waals surface area contributed by atoms with E-state index in [9.17, 15) is 21.2 Å². The Labute approximate surface area is 123 Å². The first kappa shape index (κ1) is 15.8. The van der Waals surface area contributed by atoms with E-state index < -0.39 is 36.1 Å². The standard InChI is InChI=1S/C12H13FN2O4S2/c13-9-3-5-10(6-4-9)21(18,19)11(15-14)12(20(16)17)7-1-2-8-12/h3-6,20H,1-2,7-8H2. The monoisotopic (exact) mass is 332 g/mol. The van der Waals surface area contributed by atoms with Crippen LogP contribution < -0.4 is 0 Å². The molecule has 1 fully saturated rings. The van der Waals surface area contributed by atoms with E-state index in [-0.39, 0.29) is 17.7 Å². The lowest BCUT2D eigenvalue weighted by Crippen LogP contribution is -2.43. The average Bonchev–Trinajstić information content (AvgIpc) is 2.90. The van der Waals surface area contributed by atoms with Gasteiger partial charge in [-0.05, 0) is 37.1 Å². The first-order chi connectivity index (χ1) is 9.84. The molecular weight excluding hydrogens is 319 g/mol. The molecule has 0 atom stereocenters. The normalized spacial score (nSPS) is 17.6. The summed E-state index contributed by atoms with van der Waals surface area (Å²) in [4.78, 5) is 2.48. The Morgan fingerprint density at radius 2 is 1.71 bits per heavy atom. The molecule has 1 aliphatic carbocycles. The molecule has 114 valence electrons. The fraction of sp³-hybridized carbons (Fsp3) is 0.417. The van der Waals surface area contributed by atoms with Crippen molar-refractivity contribution in [2.75, 3.05) is 0 Å². The third kappa shape index (κ3) is 2.64. The number of benzene rings is 1. The summed E-state index contributed by atoms with van der Waals surface area (Å²) in [6.45, 7) is 0. The molecule has 0 amide bonds. The van der Waals surface area contributed by atoms with E-state index >= 15 is 0 Å². The summed E-state index contributed by atoms with van der Waals surface area (Å²) in [5.41, 5.74) is 9.12. The molecule has 0 radical (unpaired) electrons. The highest BCUT2D eigenvalue weighted by molar-refractivity contribution is 8.07. The third-order valence-electron chi connectivity index (χ3n) is 3.65. The van der Waals surface area contributed by atoms with Gasteiger partial charge in [-0.2, -0.15) is 4.79 Å². The van der Waals surface area contributed by atoms with Crippen LogP contribution in [0.2, 0.25) is 0 Å². The lowest BCUT2D eigenvalue weighted by molar-refractivity contribution is -0.00601. The van der Waals surface area contributed by atoms with Gasteiger partial charge in [0.2, 0.25) is 0 Å². The van der Waals surface area contributed by atoms with Crippen LogP contribution in [0, 0.1) is 5.82 Å². The number of nitrogens with zero attached hydrogens (tertiary/aromatic N) is 2. The summed E-state index contributed by atoms with van der Waals surface area (Å²) in [6.07, 6.45) is 1.24. The summed E-state index contributed by atoms with van der Waals surface area (Å²) in [5, 5.41) is -0.782. The molecule has 21 heavy (non-hydrogen) atoms. The molecule has 0 spiro atoms. The summed E-state index contributed by atoms with van der Waals surface area (Å²) in [5.74, 6) is -0.623. The van der Waals surface area contributed by atoms with Crippen molar-refractivity contribution in [3.05, 3.63) is 35.6 Å². The lowest BCUT2D eigenvalue weighted by atomic mass is 10.1. The van der Waals surface area contributed by atoms with Gasteiger partial charge in [0.15, 0.2) is 15.5 Å². The Hall–Kier alpha value is -1.57. The van der Waals surface area contributed by atoms with Gasteiger partial charge in [-0.1, -0.05) is 12.8 Å². The molecule has 1 aromatic carbocycles. The van der Waals surface area contributed by atoms with Crippen molar-refractivity contribution in [1.82, 2.24) is 0 Å². The smallest absolute Gasteiger partial charge is 0.360 e. The molecule has 0 bridgehead atoms. The molecule has 0 saturated heterocycles. The fourth-order valence-corrected chi connectivity index (χ4v) is 5.55. The van der Waals surface area contributed by atoms with Gasteiger partial charge in [0, 0.05) is 0 Å². The molecule has 2 rings (SSSR count). The zero-order chi connectivity index (χ0) is 15.7. The number of halogens is 1. The largest absolute Gasteiger partial charge is 0.406 e. The van der Waals surface area contributed by atoms with Crippen LogP contribution in [0.1, 0.15) is 25.7 Å². The molecule has 9 heteroatoms. The summed E-state index contributed by atoms with van der Waals surface area (Å²) >= 11 is 0. The second kappa shape index (κ2) is 5.67. The minimum absolute atomic E-state index is 0.0888. The molecular formula is C12H13FN2O4S2. The third-order valence-corrected chi connectivity index (χ3v) is 7.03. The first-order valence-electron chi connectivity index (χ1n) is 6.22. The summed E-state index contributed by atoms with van der Waals surface area (Å²) < 4.78 is 59.3. The van der Waals surface area contributed by atoms with E-state index in [0.29, 0.717) is 12.8 Å². The van der Waals surface area contributed by atoms with Crippen molar-refractivity contribution >= 4 is 25.6 Å². The van der Waals surface area contributed by atoms with Gasteiger partial charge in [0.25, 0.3) is 9.84 Å². The van der Waals surface area contributed by atoms with Gasteiger partial charge in [0.1, 0.15) is 5.82 Å². The van der Waals surface area contributed by atoms with Gasteiger partial charge in [0.05, 0.1) is 4.90 Å². The predicted octanol–water partition coefficient (Wildman–Crippen LogP) is 1.15. The predicted molar refractivity (Wildman–Crippen MR) is 73.7 cm³/mol. The molecule has 0 heterocycles. The van der Waals surface area contributed by atoms with E-state index in [1.165, 1.54) is 0 Å². The van der Waals surface area contributed by atoms with Crippen LogP contribution in [0.3, 0.4) is 0 Å². The van der Waals surface area contributed by atoms with Gasteiger partial charge in [-0.25, -0.2) is 21.2 Å². The van der Waals surface area contributed by atoms with E-state index in [1.807, 2.05) is 0 Å². The number of hydrogen-bond donors (Lipinski definition) is 1. The van der Waals surface area contributed by atoms with Gasteiger partial charge in [-0.3, -0.25) is 0 Å². The zero-order valence-electron chi connectivity index (χ0n) is 10.9. The highest BCUT2D eigenvalue weighted by Gasteiger charge is 2.55. The molecule has 0 unspecified atom stereocenters. The van der Waals surface area contributed by atoms with Gasteiger partial charge in [-0.15, -0.1) is 0 Å². The van der Waals surface area contributed by atoms with Crippen molar-refractivity contribution in [3.8, 4) is 0 Å². The number of hydrogen-bond acceptors (Lipinski definition) is 4. The van der Waals surface area contributed by atoms with Crippen LogP contribution in [0.4, 0.5) is 4.39 Å². The molecule has 6 nitrogen and oxygen atoms in total. The number of sulfone groups is 1. The van der Waals surface area contributed by atoms with E-state index in [2.05, 4.69) is 4.79 Å². The average molecular weight is 332 g/mol.